The van der Waals surface area contributed by atoms with E-state index in [0.717, 1.165) is 0 Å². The zero-order valence-electron chi connectivity index (χ0n) is 20.5. The molecule has 0 radical (unpaired) electrons. The van der Waals surface area contributed by atoms with Gasteiger partial charge in [0, 0.05) is 25.2 Å². The predicted octanol–water partition coefficient (Wildman–Crippen LogP) is 6.66. The minimum absolute atomic E-state index is 0.0799. The SMILES string of the molecule is CC.COc1cc(-c2ccc(C(=O)C(OC)c3ccc(C(=N)OC(C)=N)cc3)o2)cc(OC)c1Br. The van der Waals surface area contributed by atoms with Gasteiger partial charge in [-0.05, 0) is 57.9 Å². The third-order valence-electron chi connectivity index (χ3n) is 4.78. The molecule has 2 aromatic carbocycles. The molecule has 1 heterocycles. The van der Waals surface area contributed by atoms with Crippen LogP contribution in [-0.2, 0) is 9.47 Å². The maximum atomic E-state index is 13.1. The summed E-state index contributed by atoms with van der Waals surface area (Å²) >= 11 is 3.43. The molecule has 0 amide bonds. The van der Waals surface area contributed by atoms with Crippen LogP contribution in [0.1, 0.15) is 48.6 Å². The normalized spacial score (nSPS) is 11.1. The van der Waals surface area contributed by atoms with Gasteiger partial charge in [0.25, 0.3) is 0 Å². The summed E-state index contributed by atoms with van der Waals surface area (Å²) in [6.07, 6.45) is -0.897. The molecule has 1 aromatic heterocycles. The molecule has 0 spiro atoms. The fourth-order valence-electron chi connectivity index (χ4n) is 3.18. The third kappa shape index (κ3) is 6.58. The van der Waals surface area contributed by atoms with Crippen molar-refractivity contribution in [3.8, 4) is 22.8 Å². The van der Waals surface area contributed by atoms with Gasteiger partial charge in [0.1, 0.15) is 27.8 Å². The van der Waals surface area contributed by atoms with Crippen molar-refractivity contribution in [3.05, 3.63) is 69.9 Å². The first-order valence-electron chi connectivity index (χ1n) is 10.8. The number of rotatable bonds is 8. The molecule has 3 aromatic rings. The van der Waals surface area contributed by atoms with Gasteiger partial charge in [0.05, 0.1) is 14.2 Å². The second-order valence-corrected chi connectivity index (χ2v) is 7.74. The molecule has 0 saturated carbocycles. The lowest BCUT2D eigenvalue weighted by Crippen LogP contribution is -2.15. The Balaban J connectivity index is 0.00000210. The number of methoxy groups -OCH3 is 3. The lowest BCUT2D eigenvalue weighted by Gasteiger charge is -2.14. The number of benzene rings is 2. The van der Waals surface area contributed by atoms with Crippen LogP contribution in [0.5, 0.6) is 11.5 Å². The van der Waals surface area contributed by atoms with E-state index in [4.69, 9.17) is 34.2 Å². The summed E-state index contributed by atoms with van der Waals surface area (Å²) in [5, 5.41) is 15.2. The number of hydrogen-bond donors (Lipinski definition) is 2. The van der Waals surface area contributed by atoms with E-state index >= 15 is 0 Å². The highest BCUT2D eigenvalue weighted by Crippen LogP contribution is 2.39. The highest BCUT2D eigenvalue weighted by atomic mass is 79.9. The topological polar surface area (TPSA) is 115 Å². The monoisotopic (exact) mass is 544 g/mol. The molecular weight excluding hydrogens is 516 g/mol. The summed E-state index contributed by atoms with van der Waals surface area (Å²) < 4.78 is 27.7. The first kappa shape index (κ1) is 27.8. The Bertz CT molecular complexity index is 1160. The van der Waals surface area contributed by atoms with Crippen LogP contribution in [0.2, 0.25) is 0 Å². The van der Waals surface area contributed by atoms with Crippen molar-refractivity contribution >= 4 is 33.5 Å². The minimum atomic E-state index is -0.897. The molecule has 0 fully saturated rings. The number of hydrogen-bond acceptors (Lipinski definition) is 8. The van der Waals surface area contributed by atoms with Gasteiger partial charge in [-0.3, -0.25) is 15.6 Å². The van der Waals surface area contributed by atoms with E-state index in [-0.39, 0.29) is 23.3 Å². The molecule has 0 saturated heterocycles. The highest BCUT2D eigenvalue weighted by molar-refractivity contribution is 9.10. The van der Waals surface area contributed by atoms with Crippen LogP contribution in [-0.4, -0.2) is 38.9 Å². The second kappa shape index (κ2) is 12.9. The summed E-state index contributed by atoms with van der Waals surface area (Å²) in [5.74, 6) is 1.16. The van der Waals surface area contributed by atoms with E-state index in [1.807, 2.05) is 13.8 Å². The molecule has 9 heteroatoms. The van der Waals surface area contributed by atoms with Crippen molar-refractivity contribution in [2.24, 2.45) is 0 Å². The average molecular weight is 545 g/mol. The van der Waals surface area contributed by atoms with Crippen LogP contribution < -0.4 is 9.47 Å². The van der Waals surface area contributed by atoms with Crippen molar-refractivity contribution in [1.29, 1.82) is 10.8 Å². The average Bonchev–Trinajstić information content (AvgIpc) is 3.36. The van der Waals surface area contributed by atoms with Crippen LogP contribution in [0, 0.1) is 10.8 Å². The standard InChI is InChI=1S/C24H23BrN2O6.C2H6/c1-13(26)32-24(27)15-7-5-14(6-8-15)23(31-4)22(28)18-10-9-17(33-18)16-11-19(29-2)21(25)20(12-16)30-3;1-2/h5-12,23,26-27H,1-4H3;1-2H3. The number of Topliss-reactive ketones (excluding diaryl/α,β-unsaturated/α-hetero) is 1. The summed E-state index contributed by atoms with van der Waals surface area (Å²) in [6.45, 7) is 5.45. The second-order valence-electron chi connectivity index (χ2n) is 6.95. The number of ketones is 1. The molecule has 1 atom stereocenters. The molecule has 0 aliphatic rings. The van der Waals surface area contributed by atoms with E-state index in [9.17, 15) is 4.79 Å². The third-order valence-corrected chi connectivity index (χ3v) is 5.57. The Hall–Kier alpha value is -3.43. The fraction of sp³-hybridized carbons (Fsp3) is 0.269. The lowest BCUT2D eigenvalue weighted by molar-refractivity contribution is 0.0577. The maximum Gasteiger partial charge on any atom is 0.231 e. The molecule has 0 aliphatic carbocycles. The number of nitrogens with one attached hydrogen (secondary N) is 2. The zero-order chi connectivity index (χ0) is 26.1. The van der Waals surface area contributed by atoms with Gasteiger partial charge in [0.15, 0.2) is 11.7 Å². The minimum Gasteiger partial charge on any atom is -0.495 e. The molecule has 0 bridgehead atoms. The number of furan rings is 1. The summed E-state index contributed by atoms with van der Waals surface area (Å²) in [4.78, 5) is 13.1. The molecule has 8 nitrogen and oxygen atoms in total. The van der Waals surface area contributed by atoms with E-state index in [0.29, 0.717) is 38.4 Å². The number of carbonyl (C=O) groups excluding carboxylic acids is 1. The van der Waals surface area contributed by atoms with Crippen molar-refractivity contribution in [2.75, 3.05) is 21.3 Å². The Morgan fingerprint density at radius 3 is 2.00 bits per heavy atom. The van der Waals surface area contributed by atoms with Gasteiger partial charge < -0.3 is 23.4 Å². The Kier molecular flexibility index (Phi) is 10.2. The Morgan fingerprint density at radius 1 is 0.943 bits per heavy atom. The zero-order valence-corrected chi connectivity index (χ0v) is 22.1. The van der Waals surface area contributed by atoms with E-state index in [2.05, 4.69) is 15.9 Å². The molecular formula is C26H29BrN2O6. The van der Waals surface area contributed by atoms with Crippen LogP contribution in [0.3, 0.4) is 0 Å². The van der Waals surface area contributed by atoms with Crippen molar-refractivity contribution < 1.29 is 28.2 Å². The summed E-state index contributed by atoms with van der Waals surface area (Å²) in [6, 6.07) is 13.5. The van der Waals surface area contributed by atoms with Gasteiger partial charge >= 0.3 is 0 Å². The van der Waals surface area contributed by atoms with Gasteiger partial charge in [-0.15, -0.1) is 0 Å². The number of halogens is 1. The van der Waals surface area contributed by atoms with Gasteiger partial charge in [-0.2, -0.15) is 0 Å². The molecule has 1 unspecified atom stereocenters. The van der Waals surface area contributed by atoms with Gasteiger partial charge in [0.2, 0.25) is 11.7 Å². The van der Waals surface area contributed by atoms with Gasteiger partial charge in [-0.1, -0.05) is 26.0 Å². The van der Waals surface area contributed by atoms with Crippen molar-refractivity contribution in [3.63, 3.8) is 0 Å². The summed E-state index contributed by atoms with van der Waals surface area (Å²) in [7, 11) is 4.54. The van der Waals surface area contributed by atoms with Crippen LogP contribution in [0.25, 0.3) is 11.3 Å². The highest BCUT2D eigenvalue weighted by Gasteiger charge is 2.25. The van der Waals surface area contributed by atoms with Crippen LogP contribution in [0.4, 0.5) is 0 Å². The number of ether oxygens (including phenoxy) is 4. The van der Waals surface area contributed by atoms with E-state index in [1.54, 1.807) is 62.8 Å². The molecule has 3 rings (SSSR count). The Labute approximate surface area is 213 Å². The quantitative estimate of drug-likeness (QED) is 0.186. The van der Waals surface area contributed by atoms with Gasteiger partial charge in [-0.25, -0.2) is 0 Å². The lowest BCUT2D eigenvalue weighted by atomic mass is 10.0. The Morgan fingerprint density at radius 2 is 1.51 bits per heavy atom. The van der Waals surface area contributed by atoms with E-state index < -0.39 is 6.10 Å². The van der Waals surface area contributed by atoms with Crippen LogP contribution >= 0.6 is 15.9 Å². The molecule has 0 aliphatic heterocycles. The van der Waals surface area contributed by atoms with Crippen molar-refractivity contribution in [1.82, 2.24) is 0 Å². The largest absolute Gasteiger partial charge is 0.495 e. The maximum absolute atomic E-state index is 13.1. The number of carbonyl (C=O) groups is 1. The summed E-state index contributed by atoms with van der Waals surface area (Å²) in [5.41, 5.74) is 1.76. The molecule has 2 N–H and O–H groups in total. The first-order valence-corrected chi connectivity index (χ1v) is 11.6. The predicted molar refractivity (Wildman–Crippen MR) is 138 cm³/mol. The van der Waals surface area contributed by atoms with Crippen LogP contribution in [0.15, 0.2) is 57.4 Å². The molecule has 186 valence electrons. The fourth-order valence-corrected chi connectivity index (χ4v) is 3.73. The van der Waals surface area contributed by atoms with Crippen molar-refractivity contribution in [2.45, 2.75) is 26.9 Å². The van der Waals surface area contributed by atoms with E-state index in [1.165, 1.54) is 14.0 Å². The first-order chi connectivity index (χ1) is 16.8. The molecule has 35 heavy (non-hydrogen) atoms. The smallest absolute Gasteiger partial charge is 0.231 e.